The van der Waals surface area contributed by atoms with Gasteiger partial charge in [-0.25, -0.2) is 0 Å². The molecule has 1 fully saturated rings. The summed E-state index contributed by atoms with van der Waals surface area (Å²) in [4.78, 5) is 21.1. The smallest absolute Gasteiger partial charge is 0.251 e. The van der Waals surface area contributed by atoms with E-state index in [1.807, 2.05) is 73.8 Å². The number of nitrogens with zero attached hydrogens (tertiary/aromatic N) is 2. The van der Waals surface area contributed by atoms with E-state index >= 15 is 0 Å². The van der Waals surface area contributed by atoms with Crippen LogP contribution in [0.15, 0.2) is 97.2 Å². The Morgan fingerprint density at radius 1 is 0.868 bits per heavy atom. The summed E-state index contributed by atoms with van der Waals surface area (Å²) in [6, 6.07) is 30.6. The summed E-state index contributed by atoms with van der Waals surface area (Å²) in [7, 11) is 1.68. The van der Waals surface area contributed by atoms with Gasteiger partial charge in [-0.3, -0.25) is 14.7 Å². The molecule has 0 saturated carbocycles. The summed E-state index contributed by atoms with van der Waals surface area (Å²) in [5.74, 6) is -0.0721. The zero-order valence-corrected chi connectivity index (χ0v) is 22.2. The molecule has 0 bridgehead atoms. The lowest BCUT2D eigenvalue weighted by atomic mass is 9.81. The predicted molar refractivity (Wildman–Crippen MR) is 154 cm³/mol. The largest absolute Gasteiger partial charge is 0.382 e. The number of amides is 1. The number of benzene rings is 3. The maximum atomic E-state index is 14.5. The Bertz CT molecular complexity index is 1360. The summed E-state index contributed by atoms with van der Waals surface area (Å²) in [6.45, 7) is 3.94. The van der Waals surface area contributed by atoms with Crippen LogP contribution in [0.3, 0.4) is 0 Å². The highest BCUT2D eigenvalue weighted by molar-refractivity contribution is 6.00. The number of pyridine rings is 1. The number of carbonyl (C=O) groups excluding carboxylic acids is 1. The molecule has 1 aromatic heterocycles. The second kappa shape index (κ2) is 11.7. The van der Waals surface area contributed by atoms with Gasteiger partial charge in [0.1, 0.15) is 0 Å². The van der Waals surface area contributed by atoms with Crippen LogP contribution in [0.5, 0.6) is 0 Å². The summed E-state index contributed by atoms with van der Waals surface area (Å²) in [5.41, 5.74) is 6.07. The number of hydrogen-bond acceptors (Lipinski definition) is 4. The van der Waals surface area contributed by atoms with Crippen molar-refractivity contribution in [3.8, 4) is 22.3 Å². The fourth-order valence-corrected chi connectivity index (χ4v) is 5.57. The average molecular weight is 506 g/mol. The van der Waals surface area contributed by atoms with Gasteiger partial charge in [0.25, 0.3) is 5.91 Å². The van der Waals surface area contributed by atoms with E-state index in [0.717, 1.165) is 65.1 Å². The van der Waals surface area contributed by atoms with Crippen LogP contribution in [0.4, 0.5) is 5.69 Å². The maximum Gasteiger partial charge on any atom is 0.251 e. The molecule has 5 heteroatoms. The van der Waals surface area contributed by atoms with Crippen LogP contribution in [0.1, 0.15) is 30.5 Å². The molecule has 0 radical (unpaired) electrons. The third-order valence-electron chi connectivity index (χ3n) is 7.45. The Morgan fingerprint density at radius 3 is 2.29 bits per heavy atom. The van der Waals surface area contributed by atoms with Gasteiger partial charge in [0.2, 0.25) is 0 Å². The van der Waals surface area contributed by atoms with Gasteiger partial charge >= 0.3 is 0 Å². The molecule has 0 spiro atoms. The Morgan fingerprint density at radius 2 is 1.58 bits per heavy atom. The van der Waals surface area contributed by atoms with Gasteiger partial charge in [0.05, 0.1) is 6.61 Å². The molecule has 1 aliphatic heterocycles. The number of methoxy groups -OCH3 is 1. The maximum absolute atomic E-state index is 14.5. The second-order valence-electron chi connectivity index (χ2n) is 9.97. The summed E-state index contributed by atoms with van der Waals surface area (Å²) < 4.78 is 5.84. The van der Waals surface area contributed by atoms with E-state index in [-0.39, 0.29) is 12.5 Å². The lowest BCUT2D eigenvalue weighted by molar-refractivity contribution is -0.134. The lowest BCUT2D eigenvalue weighted by Gasteiger charge is -2.45. The standard InChI is InChI=1S/C33H35N3O2/c1-25-23-28(19-20-34-25)26-15-17-29(18-16-26)35-32(37)33(24-38-2,36-21-9-4-10-22-36)31-14-8-7-13-30(31)27-11-5-3-6-12-27/h3,5-8,11-20,23H,4,9-10,21-22,24H2,1-2H3,(H,35,37). The van der Waals surface area contributed by atoms with Crippen molar-refractivity contribution < 1.29 is 9.53 Å². The molecule has 1 amide bonds. The van der Waals surface area contributed by atoms with Crippen LogP contribution in [0.25, 0.3) is 22.3 Å². The molecule has 3 aromatic carbocycles. The van der Waals surface area contributed by atoms with E-state index in [2.05, 4.69) is 45.5 Å². The van der Waals surface area contributed by atoms with Gasteiger partial charge < -0.3 is 10.1 Å². The molecule has 1 unspecified atom stereocenters. The Labute approximate surface area is 225 Å². The number of rotatable bonds is 8. The summed E-state index contributed by atoms with van der Waals surface area (Å²) in [5, 5.41) is 3.26. The quantitative estimate of drug-likeness (QED) is 0.290. The number of carbonyl (C=O) groups is 1. The molecule has 5 rings (SSSR count). The van der Waals surface area contributed by atoms with Gasteiger partial charge in [0.15, 0.2) is 5.54 Å². The van der Waals surface area contributed by atoms with Gasteiger partial charge in [-0.2, -0.15) is 0 Å². The molecular weight excluding hydrogens is 470 g/mol. The fourth-order valence-electron chi connectivity index (χ4n) is 5.57. The number of piperidine rings is 1. The van der Waals surface area contributed by atoms with Crippen molar-refractivity contribution in [3.63, 3.8) is 0 Å². The molecule has 4 aromatic rings. The molecule has 5 nitrogen and oxygen atoms in total. The summed E-state index contributed by atoms with van der Waals surface area (Å²) >= 11 is 0. The first-order valence-corrected chi connectivity index (χ1v) is 13.4. The van der Waals surface area contributed by atoms with Crippen LogP contribution in [0.2, 0.25) is 0 Å². The minimum Gasteiger partial charge on any atom is -0.382 e. The van der Waals surface area contributed by atoms with E-state index in [1.54, 1.807) is 7.11 Å². The van der Waals surface area contributed by atoms with Crippen LogP contribution in [-0.4, -0.2) is 42.6 Å². The molecule has 38 heavy (non-hydrogen) atoms. The zero-order chi connectivity index (χ0) is 26.4. The normalized spacial score (nSPS) is 15.5. The molecule has 1 N–H and O–H groups in total. The highest BCUT2D eigenvalue weighted by Crippen LogP contribution is 2.39. The minimum absolute atomic E-state index is 0.0721. The Kier molecular flexibility index (Phi) is 7.97. The zero-order valence-electron chi connectivity index (χ0n) is 22.2. The second-order valence-corrected chi connectivity index (χ2v) is 9.97. The van der Waals surface area contributed by atoms with E-state index in [1.165, 1.54) is 6.42 Å². The first-order valence-electron chi connectivity index (χ1n) is 13.4. The van der Waals surface area contributed by atoms with E-state index in [9.17, 15) is 4.79 Å². The van der Waals surface area contributed by atoms with Crippen LogP contribution >= 0.6 is 0 Å². The van der Waals surface area contributed by atoms with Gasteiger partial charge in [-0.1, -0.05) is 73.2 Å². The first-order chi connectivity index (χ1) is 18.6. The first kappa shape index (κ1) is 25.8. The number of likely N-dealkylation sites (tertiary alicyclic amines) is 1. The minimum atomic E-state index is -0.970. The van der Waals surface area contributed by atoms with Gasteiger partial charge in [-0.05, 0) is 84.9 Å². The van der Waals surface area contributed by atoms with Crippen molar-refractivity contribution in [1.82, 2.24) is 9.88 Å². The number of ether oxygens (including phenoxy) is 1. The highest BCUT2D eigenvalue weighted by atomic mass is 16.5. The topological polar surface area (TPSA) is 54.5 Å². The Balaban J connectivity index is 1.55. The Hall–Kier alpha value is -3.80. The van der Waals surface area contributed by atoms with Crippen molar-refractivity contribution in [3.05, 3.63) is 108 Å². The molecule has 1 atom stereocenters. The van der Waals surface area contributed by atoms with Gasteiger partial charge in [-0.15, -0.1) is 0 Å². The van der Waals surface area contributed by atoms with Crippen molar-refractivity contribution in [2.24, 2.45) is 0 Å². The predicted octanol–water partition coefficient (Wildman–Crippen LogP) is 6.69. The highest BCUT2D eigenvalue weighted by Gasteiger charge is 2.47. The van der Waals surface area contributed by atoms with Crippen LogP contribution < -0.4 is 5.32 Å². The number of hydrogen-bond donors (Lipinski definition) is 1. The van der Waals surface area contributed by atoms with E-state index < -0.39 is 5.54 Å². The third kappa shape index (κ3) is 5.26. The van der Waals surface area contributed by atoms with Crippen LogP contribution in [-0.2, 0) is 15.1 Å². The molecule has 194 valence electrons. The molecular formula is C33H35N3O2. The van der Waals surface area contributed by atoms with Crippen molar-refractivity contribution >= 4 is 11.6 Å². The number of aromatic nitrogens is 1. The van der Waals surface area contributed by atoms with Crippen LogP contribution in [0, 0.1) is 6.92 Å². The molecule has 1 aliphatic rings. The average Bonchev–Trinajstić information content (AvgIpc) is 2.97. The monoisotopic (exact) mass is 505 g/mol. The summed E-state index contributed by atoms with van der Waals surface area (Å²) in [6.07, 6.45) is 5.12. The van der Waals surface area contributed by atoms with E-state index in [4.69, 9.17) is 4.74 Å². The van der Waals surface area contributed by atoms with Crippen molar-refractivity contribution in [1.29, 1.82) is 0 Å². The SMILES string of the molecule is COCC(C(=O)Nc1ccc(-c2ccnc(C)c2)cc1)(c1ccccc1-c1ccccc1)N1CCCCC1. The molecule has 2 heterocycles. The number of nitrogens with one attached hydrogen (secondary N) is 1. The van der Waals surface area contributed by atoms with Crippen molar-refractivity contribution in [2.75, 3.05) is 32.1 Å². The molecule has 1 saturated heterocycles. The fraction of sp³-hybridized carbons (Fsp3) is 0.273. The van der Waals surface area contributed by atoms with E-state index in [0.29, 0.717) is 0 Å². The molecule has 0 aliphatic carbocycles. The van der Waals surface area contributed by atoms with Gasteiger partial charge in [0, 0.05) is 24.7 Å². The van der Waals surface area contributed by atoms with Crippen molar-refractivity contribution in [2.45, 2.75) is 31.7 Å². The lowest BCUT2D eigenvalue weighted by Crippen LogP contribution is -2.58. The third-order valence-corrected chi connectivity index (χ3v) is 7.45. The number of aryl methyl sites for hydroxylation is 1. The number of anilines is 1.